The molecule has 7 nitrogen and oxygen atoms in total. The molecule has 0 spiro atoms. The first kappa shape index (κ1) is 20.9. The third-order valence-electron chi connectivity index (χ3n) is 3.89. The van der Waals surface area contributed by atoms with E-state index in [0.717, 1.165) is 0 Å². The van der Waals surface area contributed by atoms with Crippen molar-refractivity contribution in [2.75, 3.05) is 23.7 Å². The average molecular weight is 386 g/mol. The van der Waals surface area contributed by atoms with Crippen molar-refractivity contribution in [3.05, 3.63) is 59.4 Å². The Labute approximate surface area is 162 Å². The summed E-state index contributed by atoms with van der Waals surface area (Å²) >= 11 is 0. The second kappa shape index (κ2) is 10.1. The molecule has 0 atom stereocenters. The minimum Gasteiger partial charge on any atom is -0.354 e. The van der Waals surface area contributed by atoms with Gasteiger partial charge >= 0.3 is 6.03 Å². The third-order valence-corrected chi connectivity index (χ3v) is 3.89. The molecule has 0 saturated heterocycles. The number of benzene rings is 2. The van der Waals surface area contributed by atoms with E-state index in [1.165, 1.54) is 6.07 Å². The monoisotopic (exact) mass is 386 g/mol. The second-order valence-corrected chi connectivity index (χ2v) is 6.08. The van der Waals surface area contributed by atoms with Crippen LogP contribution in [0.1, 0.15) is 29.3 Å². The third kappa shape index (κ3) is 6.39. The number of amides is 4. The normalized spacial score (nSPS) is 10.1. The van der Waals surface area contributed by atoms with Crippen molar-refractivity contribution in [2.24, 2.45) is 0 Å². The molecule has 0 aliphatic rings. The molecule has 8 heteroatoms. The zero-order valence-corrected chi connectivity index (χ0v) is 15.8. The summed E-state index contributed by atoms with van der Waals surface area (Å²) in [5, 5.41) is 10.5. The number of nitrogens with one attached hydrogen (secondary N) is 4. The van der Waals surface area contributed by atoms with Gasteiger partial charge in [-0.2, -0.15) is 0 Å². The molecular weight excluding hydrogens is 363 g/mol. The molecule has 0 saturated carbocycles. The lowest BCUT2D eigenvalue weighted by Gasteiger charge is -2.09. The van der Waals surface area contributed by atoms with Gasteiger partial charge in [0, 0.05) is 36.4 Å². The standard InChI is InChI=1S/C20H23FN4O3/c1-3-18(26)22-10-11-23-19(27)14-5-8-15(9-6-14)24-20(28)25-16-7-4-13(2)17(21)12-16/h4-9,12H,3,10-11H2,1-2H3,(H,22,26)(H,23,27)(H2,24,25,28). The summed E-state index contributed by atoms with van der Waals surface area (Å²) in [6, 6.07) is 10.2. The van der Waals surface area contributed by atoms with Gasteiger partial charge < -0.3 is 21.3 Å². The van der Waals surface area contributed by atoms with Crippen molar-refractivity contribution < 1.29 is 18.8 Å². The van der Waals surface area contributed by atoms with Crippen LogP contribution in [0.25, 0.3) is 0 Å². The molecule has 0 aromatic heterocycles. The van der Waals surface area contributed by atoms with Crippen LogP contribution in [0.15, 0.2) is 42.5 Å². The molecule has 0 fully saturated rings. The van der Waals surface area contributed by atoms with Crippen LogP contribution in [0.2, 0.25) is 0 Å². The summed E-state index contributed by atoms with van der Waals surface area (Å²) in [5.41, 5.74) is 1.74. The van der Waals surface area contributed by atoms with E-state index in [1.54, 1.807) is 50.2 Å². The predicted molar refractivity (Wildman–Crippen MR) is 106 cm³/mol. The Morgan fingerprint density at radius 3 is 2.14 bits per heavy atom. The summed E-state index contributed by atoms with van der Waals surface area (Å²) < 4.78 is 13.5. The van der Waals surface area contributed by atoms with Crippen LogP contribution in [-0.2, 0) is 4.79 Å². The van der Waals surface area contributed by atoms with Gasteiger partial charge in [-0.3, -0.25) is 9.59 Å². The first-order chi connectivity index (χ1) is 13.4. The first-order valence-corrected chi connectivity index (χ1v) is 8.88. The average Bonchev–Trinajstić information content (AvgIpc) is 2.68. The lowest BCUT2D eigenvalue weighted by Crippen LogP contribution is -2.34. The highest BCUT2D eigenvalue weighted by molar-refractivity contribution is 6.00. The summed E-state index contributed by atoms with van der Waals surface area (Å²) in [6.07, 6.45) is 0.398. The van der Waals surface area contributed by atoms with Crippen LogP contribution in [-0.4, -0.2) is 30.9 Å². The Hall–Kier alpha value is -3.42. The second-order valence-electron chi connectivity index (χ2n) is 6.08. The highest BCUT2D eigenvalue weighted by atomic mass is 19.1. The fourth-order valence-electron chi connectivity index (χ4n) is 2.27. The van der Waals surface area contributed by atoms with Gasteiger partial charge in [-0.1, -0.05) is 13.0 Å². The van der Waals surface area contributed by atoms with Crippen molar-refractivity contribution in [2.45, 2.75) is 20.3 Å². The molecule has 148 valence electrons. The first-order valence-electron chi connectivity index (χ1n) is 8.88. The van der Waals surface area contributed by atoms with Crippen molar-refractivity contribution in [3.63, 3.8) is 0 Å². The Morgan fingerprint density at radius 1 is 0.893 bits per heavy atom. The Balaban J connectivity index is 1.82. The number of anilines is 2. The summed E-state index contributed by atoms with van der Waals surface area (Å²) in [4.78, 5) is 35.1. The molecule has 2 aromatic carbocycles. The minimum absolute atomic E-state index is 0.0728. The van der Waals surface area contributed by atoms with Crippen LogP contribution >= 0.6 is 0 Å². The number of halogens is 1. The van der Waals surface area contributed by atoms with Crippen LogP contribution < -0.4 is 21.3 Å². The van der Waals surface area contributed by atoms with E-state index in [1.807, 2.05) is 0 Å². The quantitative estimate of drug-likeness (QED) is 0.551. The van der Waals surface area contributed by atoms with Crippen molar-refractivity contribution in [1.29, 1.82) is 0 Å². The molecule has 0 aliphatic heterocycles. The lowest BCUT2D eigenvalue weighted by atomic mass is 10.2. The van der Waals surface area contributed by atoms with E-state index in [-0.39, 0.29) is 11.8 Å². The molecule has 4 N–H and O–H groups in total. The Kier molecular flexibility index (Phi) is 7.50. The largest absolute Gasteiger partial charge is 0.354 e. The zero-order chi connectivity index (χ0) is 20.5. The molecule has 0 unspecified atom stereocenters. The molecule has 28 heavy (non-hydrogen) atoms. The minimum atomic E-state index is -0.521. The van der Waals surface area contributed by atoms with Gasteiger partial charge in [0.2, 0.25) is 5.91 Å². The molecule has 0 aliphatic carbocycles. The highest BCUT2D eigenvalue weighted by Crippen LogP contribution is 2.15. The van der Waals surface area contributed by atoms with E-state index < -0.39 is 11.8 Å². The van der Waals surface area contributed by atoms with Gasteiger partial charge in [0.15, 0.2) is 0 Å². The Morgan fingerprint density at radius 2 is 1.50 bits per heavy atom. The number of urea groups is 1. The number of aryl methyl sites for hydroxylation is 1. The van der Waals surface area contributed by atoms with E-state index in [4.69, 9.17) is 0 Å². The molecular formula is C20H23FN4O3. The van der Waals surface area contributed by atoms with Gasteiger partial charge in [0.25, 0.3) is 5.91 Å². The van der Waals surface area contributed by atoms with E-state index in [0.29, 0.717) is 42.0 Å². The zero-order valence-electron chi connectivity index (χ0n) is 15.8. The Bertz CT molecular complexity index is 853. The summed E-state index contributed by atoms with van der Waals surface area (Å²) in [7, 11) is 0. The fourth-order valence-corrected chi connectivity index (χ4v) is 2.27. The highest BCUT2D eigenvalue weighted by Gasteiger charge is 2.08. The molecule has 2 rings (SSSR count). The van der Waals surface area contributed by atoms with Crippen LogP contribution in [0.5, 0.6) is 0 Å². The van der Waals surface area contributed by atoms with Gasteiger partial charge in [-0.05, 0) is 48.9 Å². The molecule has 0 radical (unpaired) electrons. The number of hydrogen-bond donors (Lipinski definition) is 4. The topological polar surface area (TPSA) is 99.3 Å². The maximum Gasteiger partial charge on any atom is 0.323 e. The van der Waals surface area contributed by atoms with Gasteiger partial charge in [0.05, 0.1) is 0 Å². The van der Waals surface area contributed by atoms with E-state index >= 15 is 0 Å². The number of carbonyl (C=O) groups is 3. The van der Waals surface area contributed by atoms with Crippen molar-refractivity contribution in [3.8, 4) is 0 Å². The van der Waals surface area contributed by atoms with Crippen LogP contribution in [0.3, 0.4) is 0 Å². The smallest absolute Gasteiger partial charge is 0.323 e. The molecule has 2 aromatic rings. The van der Waals surface area contributed by atoms with E-state index in [2.05, 4.69) is 21.3 Å². The molecule has 0 heterocycles. The maximum absolute atomic E-state index is 13.5. The van der Waals surface area contributed by atoms with E-state index in [9.17, 15) is 18.8 Å². The molecule has 4 amide bonds. The maximum atomic E-state index is 13.5. The van der Waals surface area contributed by atoms with Crippen molar-refractivity contribution in [1.82, 2.24) is 10.6 Å². The predicted octanol–water partition coefficient (Wildman–Crippen LogP) is 3.03. The number of carbonyl (C=O) groups excluding carboxylic acids is 3. The molecule has 0 bridgehead atoms. The summed E-state index contributed by atoms with van der Waals surface area (Å²) in [5.74, 6) is -0.754. The SMILES string of the molecule is CCC(=O)NCCNC(=O)c1ccc(NC(=O)Nc2ccc(C)c(F)c2)cc1. The number of hydrogen-bond acceptors (Lipinski definition) is 3. The fraction of sp³-hybridized carbons (Fsp3) is 0.250. The lowest BCUT2D eigenvalue weighted by molar-refractivity contribution is -0.120. The van der Waals surface area contributed by atoms with Gasteiger partial charge in [-0.25, -0.2) is 9.18 Å². The van der Waals surface area contributed by atoms with Crippen LogP contribution in [0.4, 0.5) is 20.6 Å². The van der Waals surface area contributed by atoms with Crippen molar-refractivity contribution >= 4 is 29.2 Å². The van der Waals surface area contributed by atoms with Gasteiger partial charge in [-0.15, -0.1) is 0 Å². The van der Waals surface area contributed by atoms with Crippen LogP contribution in [0, 0.1) is 12.7 Å². The van der Waals surface area contributed by atoms with Gasteiger partial charge in [0.1, 0.15) is 5.82 Å². The number of rotatable bonds is 7. The summed E-state index contributed by atoms with van der Waals surface area (Å²) in [6.45, 7) is 4.07.